The number of aromatic nitrogens is 2. The largest absolute Gasteiger partial charge is 0.507 e. The number of benzene rings is 1. The molecule has 0 saturated carbocycles. The Kier molecular flexibility index (Phi) is 6.07. The van der Waals surface area contributed by atoms with Gasteiger partial charge in [-0.2, -0.15) is 5.10 Å². The van der Waals surface area contributed by atoms with Gasteiger partial charge in [0.2, 0.25) is 0 Å². The van der Waals surface area contributed by atoms with Crippen LogP contribution in [-0.4, -0.2) is 28.0 Å². The molecule has 0 spiro atoms. The molecule has 0 amide bonds. The third-order valence-electron chi connectivity index (χ3n) is 4.63. The lowest BCUT2D eigenvalue weighted by atomic mass is 9.78. The van der Waals surface area contributed by atoms with Gasteiger partial charge >= 0.3 is 5.97 Å². The summed E-state index contributed by atoms with van der Waals surface area (Å²) in [6.07, 6.45) is 3.93. The second-order valence-electron chi connectivity index (χ2n) is 9.24. The number of hydrogen-bond acceptors (Lipinski definition) is 4. The van der Waals surface area contributed by atoms with Gasteiger partial charge in [-0.3, -0.25) is 9.48 Å². The number of phenols is 1. The van der Waals surface area contributed by atoms with E-state index in [-0.39, 0.29) is 23.3 Å². The van der Waals surface area contributed by atoms with E-state index in [0.717, 1.165) is 28.1 Å². The van der Waals surface area contributed by atoms with E-state index < -0.39 is 0 Å². The molecule has 0 unspecified atom stereocenters. The molecule has 1 N–H and O–H groups in total. The number of aromatic hydroxyl groups is 1. The summed E-state index contributed by atoms with van der Waals surface area (Å²) < 4.78 is 6.38. The molecule has 0 fully saturated rings. The van der Waals surface area contributed by atoms with Crippen LogP contribution in [0.4, 0.5) is 0 Å². The summed E-state index contributed by atoms with van der Waals surface area (Å²) in [6.45, 7) is 14.5. The van der Waals surface area contributed by atoms with Crippen LogP contribution < -0.4 is 0 Å². The lowest BCUT2D eigenvalue weighted by molar-refractivity contribution is -0.141. The normalized spacial score (nSPS) is 12.6. The topological polar surface area (TPSA) is 64.4 Å². The molecule has 0 aliphatic rings. The maximum Gasteiger partial charge on any atom is 0.327 e. The van der Waals surface area contributed by atoms with Gasteiger partial charge in [-0.25, -0.2) is 0 Å². The van der Waals surface area contributed by atoms with Crippen molar-refractivity contribution in [2.24, 2.45) is 0 Å². The first-order valence-corrected chi connectivity index (χ1v) is 9.50. The minimum atomic E-state index is -0.340. The van der Waals surface area contributed by atoms with Crippen molar-refractivity contribution in [3.05, 3.63) is 46.3 Å². The van der Waals surface area contributed by atoms with Crippen LogP contribution >= 0.6 is 0 Å². The molecule has 1 heterocycles. The van der Waals surface area contributed by atoms with Gasteiger partial charge in [0, 0.05) is 11.1 Å². The Morgan fingerprint density at radius 1 is 1.07 bits per heavy atom. The molecular weight excluding hydrogens is 352 g/mol. The predicted octanol–water partition coefficient (Wildman–Crippen LogP) is 4.84. The standard InChI is InChI=1S/C23H32N2O3/c1-15-11-17(25(24-15)14-20(26)28-8)10-9-16-12-18(22(2,3)4)21(27)19(13-16)23(5,6)7/h9-13,27H,14H2,1-8H3. The minimum Gasteiger partial charge on any atom is -0.507 e. The average molecular weight is 385 g/mol. The first-order valence-electron chi connectivity index (χ1n) is 9.50. The van der Waals surface area contributed by atoms with E-state index in [0.29, 0.717) is 5.75 Å². The number of ether oxygens (including phenoxy) is 1. The fourth-order valence-corrected chi connectivity index (χ4v) is 3.09. The highest BCUT2D eigenvalue weighted by atomic mass is 16.5. The Bertz CT molecular complexity index is 859. The van der Waals surface area contributed by atoms with Crippen LogP contribution in [0.3, 0.4) is 0 Å². The molecule has 0 radical (unpaired) electrons. The van der Waals surface area contributed by atoms with Gasteiger partial charge in [0.1, 0.15) is 12.3 Å². The molecule has 2 rings (SSSR count). The second kappa shape index (κ2) is 7.82. The number of carbonyl (C=O) groups excluding carboxylic acids is 1. The number of nitrogens with zero attached hydrogens (tertiary/aromatic N) is 2. The number of esters is 1. The highest BCUT2D eigenvalue weighted by Gasteiger charge is 2.26. The predicted molar refractivity (Wildman–Crippen MR) is 113 cm³/mol. The molecule has 1 aromatic heterocycles. The van der Waals surface area contributed by atoms with Gasteiger partial charge < -0.3 is 9.84 Å². The van der Waals surface area contributed by atoms with Gasteiger partial charge in [0.15, 0.2) is 0 Å². The van der Waals surface area contributed by atoms with Gasteiger partial charge in [-0.15, -0.1) is 0 Å². The molecular formula is C23H32N2O3. The molecule has 0 saturated heterocycles. The SMILES string of the molecule is COC(=O)Cn1nc(C)cc1C=Cc1cc(C(C)(C)C)c(O)c(C(C)(C)C)c1. The zero-order valence-corrected chi connectivity index (χ0v) is 18.3. The Balaban J connectivity index is 2.51. The van der Waals surface area contributed by atoms with E-state index in [1.54, 1.807) is 4.68 Å². The monoisotopic (exact) mass is 384 g/mol. The number of methoxy groups -OCH3 is 1. The van der Waals surface area contributed by atoms with E-state index in [1.165, 1.54) is 7.11 Å². The van der Waals surface area contributed by atoms with E-state index in [1.807, 2.05) is 37.3 Å². The average Bonchev–Trinajstić information content (AvgIpc) is 2.90. The fourth-order valence-electron chi connectivity index (χ4n) is 3.09. The summed E-state index contributed by atoms with van der Waals surface area (Å²) in [5.41, 5.74) is 4.12. The summed E-state index contributed by atoms with van der Waals surface area (Å²) in [7, 11) is 1.37. The van der Waals surface area contributed by atoms with Crippen molar-refractivity contribution in [2.45, 2.75) is 65.8 Å². The molecule has 2 aromatic rings. The zero-order valence-electron chi connectivity index (χ0n) is 18.3. The summed E-state index contributed by atoms with van der Waals surface area (Å²) in [6, 6.07) is 5.97. The van der Waals surface area contributed by atoms with Crippen LogP contribution in [0.5, 0.6) is 5.75 Å². The quantitative estimate of drug-likeness (QED) is 0.767. The molecule has 5 nitrogen and oxygen atoms in total. The Morgan fingerprint density at radius 3 is 2.07 bits per heavy atom. The Labute approximate surface area is 168 Å². The minimum absolute atomic E-state index is 0.0695. The molecule has 28 heavy (non-hydrogen) atoms. The highest BCUT2D eigenvalue weighted by molar-refractivity contribution is 5.73. The number of aryl methyl sites for hydroxylation is 1. The van der Waals surface area contributed by atoms with Crippen LogP contribution in [0.1, 0.15) is 69.6 Å². The molecule has 0 bridgehead atoms. The van der Waals surface area contributed by atoms with E-state index in [4.69, 9.17) is 4.74 Å². The number of rotatable bonds is 4. The van der Waals surface area contributed by atoms with Crippen LogP contribution in [0.2, 0.25) is 0 Å². The van der Waals surface area contributed by atoms with Crippen LogP contribution in [0.25, 0.3) is 12.2 Å². The molecule has 0 aliphatic heterocycles. The number of hydrogen-bond donors (Lipinski definition) is 1. The summed E-state index contributed by atoms with van der Waals surface area (Å²) in [4.78, 5) is 11.6. The fraction of sp³-hybridized carbons (Fsp3) is 0.478. The van der Waals surface area contributed by atoms with Crippen LogP contribution in [0, 0.1) is 6.92 Å². The smallest absolute Gasteiger partial charge is 0.327 e. The lowest BCUT2D eigenvalue weighted by Crippen LogP contribution is -2.17. The molecule has 0 atom stereocenters. The molecule has 5 heteroatoms. The first kappa shape index (κ1) is 21.7. The van der Waals surface area contributed by atoms with Crippen molar-refractivity contribution in [1.29, 1.82) is 0 Å². The zero-order chi connectivity index (χ0) is 21.3. The maximum atomic E-state index is 11.6. The summed E-state index contributed by atoms with van der Waals surface area (Å²) in [5, 5.41) is 15.2. The molecule has 0 aliphatic carbocycles. The first-order chi connectivity index (χ1) is 12.8. The Morgan fingerprint density at radius 2 is 1.61 bits per heavy atom. The number of carbonyl (C=O) groups is 1. The van der Waals surface area contributed by atoms with Crippen molar-refractivity contribution in [2.75, 3.05) is 7.11 Å². The summed E-state index contributed by atoms with van der Waals surface area (Å²) >= 11 is 0. The van der Waals surface area contributed by atoms with Gasteiger partial charge in [-0.05, 0) is 47.6 Å². The van der Waals surface area contributed by atoms with Crippen LogP contribution in [-0.2, 0) is 26.9 Å². The molecule has 152 valence electrons. The van der Waals surface area contributed by atoms with E-state index in [2.05, 4.69) is 46.6 Å². The van der Waals surface area contributed by atoms with Crippen molar-refractivity contribution in [3.8, 4) is 5.75 Å². The highest BCUT2D eigenvalue weighted by Crippen LogP contribution is 2.40. The number of phenolic OH excluding ortho intramolecular Hbond substituents is 1. The van der Waals surface area contributed by atoms with Crippen molar-refractivity contribution >= 4 is 18.1 Å². The third kappa shape index (κ3) is 5.03. The Hall–Kier alpha value is -2.56. The lowest BCUT2D eigenvalue weighted by Gasteiger charge is -2.27. The van der Waals surface area contributed by atoms with E-state index >= 15 is 0 Å². The van der Waals surface area contributed by atoms with Gasteiger partial charge in [-0.1, -0.05) is 47.6 Å². The second-order valence-corrected chi connectivity index (χ2v) is 9.24. The van der Waals surface area contributed by atoms with Crippen molar-refractivity contribution in [3.63, 3.8) is 0 Å². The maximum absolute atomic E-state index is 11.6. The van der Waals surface area contributed by atoms with Crippen molar-refractivity contribution < 1.29 is 14.6 Å². The van der Waals surface area contributed by atoms with Crippen molar-refractivity contribution in [1.82, 2.24) is 9.78 Å². The summed E-state index contributed by atoms with van der Waals surface area (Å²) in [5.74, 6) is 0.0242. The van der Waals surface area contributed by atoms with E-state index in [9.17, 15) is 9.90 Å². The molecule has 1 aromatic carbocycles. The van der Waals surface area contributed by atoms with Gasteiger partial charge in [0.05, 0.1) is 18.5 Å². The van der Waals surface area contributed by atoms with Crippen LogP contribution in [0.15, 0.2) is 18.2 Å². The van der Waals surface area contributed by atoms with Gasteiger partial charge in [0.25, 0.3) is 0 Å². The third-order valence-corrected chi connectivity index (χ3v) is 4.63.